The van der Waals surface area contributed by atoms with Gasteiger partial charge in [0, 0.05) is 22.9 Å². The Balaban J connectivity index is 1.78. The van der Waals surface area contributed by atoms with Crippen molar-refractivity contribution < 1.29 is 33.1 Å². The molecule has 1 heterocycles. The highest BCUT2D eigenvalue weighted by atomic mass is 32.1. The number of aryl methyl sites for hydroxylation is 1. The number of benzene rings is 1. The maximum atomic E-state index is 10.8. The zero-order valence-corrected chi connectivity index (χ0v) is 19.5. The first-order valence-corrected chi connectivity index (χ1v) is 11.9. The molecule has 0 aliphatic carbocycles. The first-order valence-electron chi connectivity index (χ1n) is 9.53. The Morgan fingerprint density at radius 1 is 1.16 bits per heavy atom. The van der Waals surface area contributed by atoms with E-state index in [9.17, 15) is 4.57 Å². The van der Waals surface area contributed by atoms with Crippen molar-refractivity contribution in [2.45, 2.75) is 31.7 Å². The molecule has 0 saturated heterocycles. The second kappa shape index (κ2) is 11.5. The minimum absolute atomic E-state index is 0.213. The molecule has 31 heavy (non-hydrogen) atoms. The molecule has 0 fully saturated rings. The summed E-state index contributed by atoms with van der Waals surface area (Å²) in [5, 5.41) is 0. The first-order chi connectivity index (χ1) is 14.6. The van der Waals surface area contributed by atoms with Crippen molar-refractivity contribution in [3.05, 3.63) is 40.1 Å². The second-order valence-electron chi connectivity index (χ2n) is 7.10. The van der Waals surface area contributed by atoms with Crippen LogP contribution in [0.1, 0.15) is 29.5 Å². The van der Waals surface area contributed by atoms with E-state index in [1.54, 1.807) is 44.6 Å². The lowest BCUT2D eigenvalue weighted by atomic mass is 9.98. The van der Waals surface area contributed by atoms with E-state index in [1.807, 2.05) is 18.2 Å². The SMILES string of the molecule is COc1ccc(OCCC#Cc2ccc(CCC(C)(N)COP(=O)(O)O)s2)cc1OC. The van der Waals surface area contributed by atoms with E-state index in [4.69, 9.17) is 29.7 Å². The first kappa shape index (κ1) is 25.2. The fourth-order valence-corrected chi connectivity index (χ4v) is 3.91. The predicted molar refractivity (Wildman–Crippen MR) is 120 cm³/mol. The number of rotatable bonds is 11. The molecule has 0 saturated carbocycles. The average molecular weight is 469 g/mol. The van der Waals surface area contributed by atoms with Gasteiger partial charge in [0.15, 0.2) is 11.5 Å². The summed E-state index contributed by atoms with van der Waals surface area (Å²) in [5.41, 5.74) is 5.22. The zero-order valence-electron chi connectivity index (χ0n) is 17.8. The van der Waals surface area contributed by atoms with E-state index in [-0.39, 0.29) is 6.61 Å². The monoisotopic (exact) mass is 469 g/mol. The van der Waals surface area contributed by atoms with Crippen LogP contribution in [0.25, 0.3) is 0 Å². The molecular weight excluding hydrogens is 441 g/mol. The van der Waals surface area contributed by atoms with Gasteiger partial charge < -0.3 is 29.7 Å². The Morgan fingerprint density at radius 3 is 2.58 bits per heavy atom. The van der Waals surface area contributed by atoms with Gasteiger partial charge in [0.2, 0.25) is 0 Å². The van der Waals surface area contributed by atoms with Gasteiger partial charge in [-0.25, -0.2) is 4.57 Å². The van der Waals surface area contributed by atoms with Crippen LogP contribution in [0.5, 0.6) is 17.2 Å². The van der Waals surface area contributed by atoms with Crippen LogP contribution in [0.15, 0.2) is 30.3 Å². The highest BCUT2D eigenvalue weighted by molar-refractivity contribution is 7.46. The molecule has 0 spiro atoms. The Bertz CT molecular complexity index is 958. The van der Waals surface area contributed by atoms with Gasteiger partial charge in [-0.2, -0.15) is 0 Å². The summed E-state index contributed by atoms with van der Waals surface area (Å²) in [6.07, 6.45) is 1.77. The molecule has 0 bridgehead atoms. The third-order valence-corrected chi connectivity index (χ3v) is 5.75. The van der Waals surface area contributed by atoms with E-state index >= 15 is 0 Å². The molecule has 4 N–H and O–H groups in total. The van der Waals surface area contributed by atoms with Gasteiger partial charge in [-0.15, -0.1) is 11.3 Å². The van der Waals surface area contributed by atoms with Gasteiger partial charge in [0.1, 0.15) is 5.75 Å². The maximum absolute atomic E-state index is 10.8. The van der Waals surface area contributed by atoms with E-state index in [0.717, 1.165) is 9.75 Å². The molecule has 2 rings (SSSR count). The van der Waals surface area contributed by atoms with Crippen molar-refractivity contribution in [3.8, 4) is 29.1 Å². The Kier molecular flexibility index (Phi) is 9.38. The summed E-state index contributed by atoms with van der Waals surface area (Å²) >= 11 is 1.57. The molecular formula is C21H28NO7PS. The van der Waals surface area contributed by atoms with Crippen LogP contribution in [0, 0.1) is 11.8 Å². The number of phosphoric ester groups is 1. The highest BCUT2D eigenvalue weighted by Crippen LogP contribution is 2.37. The summed E-state index contributed by atoms with van der Waals surface area (Å²) in [6.45, 7) is 1.94. The minimum Gasteiger partial charge on any atom is -0.493 e. The smallest absolute Gasteiger partial charge is 0.469 e. The lowest BCUT2D eigenvalue weighted by Gasteiger charge is -2.24. The van der Waals surface area contributed by atoms with Crippen molar-refractivity contribution in [2.24, 2.45) is 5.73 Å². The summed E-state index contributed by atoms with van der Waals surface area (Å²) < 4.78 is 31.5. The van der Waals surface area contributed by atoms with Crippen LogP contribution in [-0.4, -0.2) is 42.8 Å². The van der Waals surface area contributed by atoms with E-state index < -0.39 is 13.4 Å². The lowest BCUT2D eigenvalue weighted by Crippen LogP contribution is -2.41. The quantitative estimate of drug-likeness (QED) is 0.260. The topological polar surface area (TPSA) is 120 Å². The molecule has 1 aromatic heterocycles. The van der Waals surface area contributed by atoms with Gasteiger partial charge in [-0.3, -0.25) is 4.52 Å². The molecule has 1 aromatic carbocycles. The lowest BCUT2D eigenvalue weighted by molar-refractivity contribution is 0.154. The predicted octanol–water partition coefficient (Wildman–Crippen LogP) is 3.35. The van der Waals surface area contributed by atoms with Crippen LogP contribution in [0.3, 0.4) is 0 Å². The highest BCUT2D eigenvalue weighted by Gasteiger charge is 2.24. The van der Waals surface area contributed by atoms with E-state index in [1.165, 1.54) is 0 Å². The van der Waals surface area contributed by atoms with Crippen molar-refractivity contribution in [1.29, 1.82) is 0 Å². The van der Waals surface area contributed by atoms with Gasteiger partial charge in [-0.1, -0.05) is 11.8 Å². The summed E-state index contributed by atoms with van der Waals surface area (Å²) in [7, 11) is -1.36. The Labute approximate surface area is 186 Å². The third kappa shape index (κ3) is 9.32. The Morgan fingerprint density at radius 2 is 1.90 bits per heavy atom. The molecule has 1 atom stereocenters. The number of phosphoric acid groups is 1. The number of thiophene rings is 1. The average Bonchev–Trinajstić information content (AvgIpc) is 3.18. The van der Waals surface area contributed by atoms with Gasteiger partial charge >= 0.3 is 7.82 Å². The number of ether oxygens (including phenoxy) is 3. The zero-order chi connectivity index (χ0) is 22.9. The molecule has 1 unspecified atom stereocenters. The van der Waals surface area contributed by atoms with Crippen molar-refractivity contribution in [3.63, 3.8) is 0 Å². The van der Waals surface area contributed by atoms with E-state index in [0.29, 0.717) is 43.1 Å². The molecule has 0 aliphatic rings. The molecule has 8 nitrogen and oxygen atoms in total. The van der Waals surface area contributed by atoms with Crippen LogP contribution < -0.4 is 19.9 Å². The third-order valence-electron chi connectivity index (χ3n) is 4.23. The van der Waals surface area contributed by atoms with Crippen LogP contribution >= 0.6 is 19.2 Å². The molecule has 10 heteroatoms. The maximum Gasteiger partial charge on any atom is 0.469 e. The number of hydrogen-bond donors (Lipinski definition) is 3. The molecule has 0 aliphatic heterocycles. The van der Waals surface area contributed by atoms with Gasteiger partial charge in [-0.05, 0) is 44.0 Å². The van der Waals surface area contributed by atoms with Crippen LogP contribution in [0.4, 0.5) is 0 Å². The van der Waals surface area contributed by atoms with Crippen molar-refractivity contribution >= 4 is 19.2 Å². The molecule has 170 valence electrons. The van der Waals surface area contributed by atoms with Gasteiger partial charge in [0.05, 0.1) is 32.3 Å². The second-order valence-corrected chi connectivity index (χ2v) is 9.51. The molecule has 0 amide bonds. The number of methoxy groups -OCH3 is 2. The van der Waals surface area contributed by atoms with Crippen LogP contribution in [0.2, 0.25) is 0 Å². The number of nitrogens with two attached hydrogens (primary N) is 1. The van der Waals surface area contributed by atoms with E-state index in [2.05, 4.69) is 16.4 Å². The summed E-state index contributed by atoms with van der Waals surface area (Å²) in [4.78, 5) is 19.6. The van der Waals surface area contributed by atoms with Crippen molar-refractivity contribution in [2.75, 3.05) is 27.4 Å². The molecule has 0 radical (unpaired) electrons. The Hall–Kier alpha value is -2.05. The molecule has 2 aromatic rings. The fraction of sp³-hybridized carbons (Fsp3) is 0.429. The largest absolute Gasteiger partial charge is 0.493 e. The standard InChI is InChI=1S/C21H28NO7PS/c1-21(22,15-29-30(23,24)25)12-11-18-9-8-17(31-18)6-4-5-13-28-16-7-10-19(26-2)20(14-16)27-3/h7-10,14H,5,11-13,15,22H2,1-3H3,(H2,23,24,25). The fourth-order valence-electron chi connectivity index (χ4n) is 2.57. The summed E-state index contributed by atoms with van der Waals surface area (Å²) in [6, 6.07) is 9.30. The van der Waals surface area contributed by atoms with Gasteiger partial charge in [0.25, 0.3) is 0 Å². The van der Waals surface area contributed by atoms with Crippen LogP contribution in [-0.2, 0) is 15.5 Å². The van der Waals surface area contributed by atoms with Crippen molar-refractivity contribution in [1.82, 2.24) is 0 Å². The summed E-state index contributed by atoms with van der Waals surface area (Å²) in [5.74, 6) is 8.15. The minimum atomic E-state index is -4.52. The number of hydrogen-bond acceptors (Lipinski definition) is 7. The normalized spacial score (nSPS) is 13.1.